The molecule has 1 fully saturated rings. The van der Waals surface area contributed by atoms with E-state index in [9.17, 15) is 13.2 Å². The Bertz CT molecular complexity index is 596. The minimum Gasteiger partial charge on any atom is -0.352 e. The third kappa shape index (κ3) is 4.79. The minimum atomic E-state index is -3.14. The first kappa shape index (κ1) is 16.9. The molecule has 0 aliphatic carbocycles. The molecule has 2 rings (SSSR count). The van der Waals surface area contributed by atoms with Crippen molar-refractivity contribution in [3.8, 4) is 0 Å². The van der Waals surface area contributed by atoms with Gasteiger partial charge in [-0.05, 0) is 24.8 Å². The average molecular weight is 325 g/mol. The molecule has 1 aromatic carbocycles. The number of amides is 1. The third-order valence-electron chi connectivity index (χ3n) is 3.90. The van der Waals surface area contributed by atoms with Gasteiger partial charge in [-0.25, -0.2) is 12.7 Å². The van der Waals surface area contributed by atoms with Gasteiger partial charge in [-0.2, -0.15) is 0 Å². The normalized spacial score (nSPS) is 18.8. The molecule has 1 aliphatic heterocycles. The lowest BCUT2D eigenvalue weighted by molar-refractivity contribution is -0.123. The van der Waals surface area contributed by atoms with Crippen molar-refractivity contribution in [1.29, 1.82) is 0 Å². The molecule has 0 saturated carbocycles. The smallest absolute Gasteiger partial charge is 0.237 e. The maximum Gasteiger partial charge on any atom is 0.237 e. The van der Waals surface area contributed by atoms with Gasteiger partial charge in [-0.1, -0.05) is 30.3 Å². The van der Waals surface area contributed by atoms with Crippen LogP contribution in [0.4, 0.5) is 0 Å². The highest BCUT2D eigenvalue weighted by Gasteiger charge is 2.26. The number of rotatable bonds is 5. The van der Waals surface area contributed by atoms with Crippen molar-refractivity contribution in [2.45, 2.75) is 31.3 Å². The van der Waals surface area contributed by atoms with Crippen molar-refractivity contribution in [3.63, 3.8) is 0 Å². The highest BCUT2D eigenvalue weighted by Crippen LogP contribution is 2.13. The number of sulfonamides is 1. The molecular formula is C15H23N3O3S. The van der Waals surface area contributed by atoms with Crippen molar-refractivity contribution < 1.29 is 13.2 Å². The fourth-order valence-corrected chi connectivity index (χ4v) is 3.47. The molecule has 1 saturated heterocycles. The number of piperidine rings is 1. The summed E-state index contributed by atoms with van der Waals surface area (Å²) < 4.78 is 24.3. The molecule has 1 aromatic rings. The Hall–Kier alpha value is -1.44. The van der Waals surface area contributed by atoms with Crippen molar-refractivity contribution >= 4 is 15.9 Å². The van der Waals surface area contributed by atoms with E-state index in [0.29, 0.717) is 32.4 Å². The maximum absolute atomic E-state index is 12.1. The van der Waals surface area contributed by atoms with E-state index in [1.165, 1.54) is 10.6 Å². The predicted molar refractivity (Wildman–Crippen MR) is 85.7 cm³/mol. The first-order valence-electron chi connectivity index (χ1n) is 7.41. The molecule has 1 amide bonds. The summed E-state index contributed by atoms with van der Waals surface area (Å²) in [6, 6.07) is 9.05. The van der Waals surface area contributed by atoms with Crippen LogP contribution >= 0.6 is 0 Å². The SMILES string of the molecule is CS(=O)(=O)N1CCC(NC(=O)C(N)Cc2ccccc2)CC1. The summed E-state index contributed by atoms with van der Waals surface area (Å²) in [6.45, 7) is 0.884. The monoisotopic (exact) mass is 325 g/mol. The Kier molecular flexibility index (Phi) is 5.55. The highest BCUT2D eigenvalue weighted by atomic mass is 32.2. The second-order valence-corrected chi connectivity index (χ2v) is 7.72. The van der Waals surface area contributed by atoms with Crippen LogP contribution in [-0.4, -0.2) is 50.1 Å². The molecule has 7 heteroatoms. The summed E-state index contributed by atoms with van der Waals surface area (Å²) in [4.78, 5) is 12.1. The molecule has 1 unspecified atom stereocenters. The molecule has 0 radical (unpaired) electrons. The summed E-state index contributed by atoms with van der Waals surface area (Å²) in [5.41, 5.74) is 6.97. The van der Waals surface area contributed by atoms with Crippen LogP contribution in [0, 0.1) is 0 Å². The number of carbonyl (C=O) groups excluding carboxylic acids is 1. The standard InChI is InChI=1S/C15H23N3O3S/c1-22(20,21)18-9-7-13(8-10-18)17-15(19)14(16)11-12-5-3-2-4-6-12/h2-6,13-14H,7-11,16H2,1H3,(H,17,19). The van der Waals surface area contributed by atoms with E-state index >= 15 is 0 Å². The third-order valence-corrected chi connectivity index (χ3v) is 5.21. The van der Waals surface area contributed by atoms with E-state index in [1.54, 1.807) is 0 Å². The quantitative estimate of drug-likeness (QED) is 0.803. The van der Waals surface area contributed by atoms with Gasteiger partial charge in [0.15, 0.2) is 0 Å². The molecule has 122 valence electrons. The Morgan fingerprint density at radius 2 is 1.91 bits per heavy atom. The average Bonchev–Trinajstić information content (AvgIpc) is 2.48. The van der Waals surface area contributed by atoms with Crippen LogP contribution in [0.15, 0.2) is 30.3 Å². The van der Waals surface area contributed by atoms with Gasteiger partial charge >= 0.3 is 0 Å². The van der Waals surface area contributed by atoms with Gasteiger partial charge in [0.1, 0.15) is 0 Å². The Morgan fingerprint density at radius 1 is 1.32 bits per heavy atom. The molecule has 1 aliphatic rings. The van der Waals surface area contributed by atoms with E-state index < -0.39 is 16.1 Å². The molecule has 1 atom stereocenters. The molecular weight excluding hydrogens is 302 g/mol. The Labute approximate surface area is 131 Å². The van der Waals surface area contributed by atoms with Gasteiger partial charge in [0.2, 0.25) is 15.9 Å². The molecule has 6 nitrogen and oxygen atoms in total. The van der Waals surface area contributed by atoms with E-state index in [2.05, 4.69) is 5.32 Å². The zero-order chi connectivity index (χ0) is 16.2. The van der Waals surface area contributed by atoms with E-state index in [4.69, 9.17) is 5.73 Å². The first-order chi connectivity index (χ1) is 10.4. The van der Waals surface area contributed by atoms with E-state index in [1.807, 2.05) is 30.3 Å². The van der Waals surface area contributed by atoms with Gasteiger partial charge in [-0.3, -0.25) is 4.79 Å². The van der Waals surface area contributed by atoms with Crippen LogP contribution in [0.2, 0.25) is 0 Å². The zero-order valence-corrected chi connectivity index (χ0v) is 13.6. The van der Waals surface area contributed by atoms with Crippen molar-refractivity contribution in [1.82, 2.24) is 9.62 Å². The number of hydrogen-bond donors (Lipinski definition) is 2. The molecule has 0 spiro atoms. The van der Waals surface area contributed by atoms with Crippen molar-refractivity contribution in [3.05, 3.63) is 35.9 Å². The first-order valence-corrected chi connectivity index (χ1v) is 9.26. The summed E-state index contributed by atoms with van der Waals surface area (Å²) in [5.74, 6) is -0.179. The molecule has 0 bridgehead atoms. The zero-order valence-electron chi connectivity index (χ0n) is 12.7. The van der Waals surface area contributed by atoms with Crippen molar-refractivity contribution in [2.24, 2.45) is 5.73 Å². The topological polar surface area (TPSA) is 92.5 Å². The summed E-state index contributed by atoms with van der Waals surface area (Å²) in [7, 11) is -3.14. The molecule has 3 N–H and O–H groups in total. The van der Waals surface area contributed by atoms with Crippen LogP contribution < -0.4 is 11.1 Å². The summed E-state index contributed by atoms with van der Waals surface area (Å²) in [6.07, 6.45) is 2.95. The van der Waals surface area contributed by atoms with Crippen LogP contribution in [0.3, 0.4) is 0 Å². The van der Waals surface area contributed by atoms with Crippen molar-refractivity contribution in [2.75, 3.05) is 19.3 Å². The molecule has 22 heavy (non-hydrogen) atoms. The number of benzene rings is 1. The van der Waals surface area contributed by atoms with Gasteiger partial charge in [0.25, 0.3) is 0 Å². The van der Waals surface area contributed by atoms with Crippen LogP contribution in [0.1, 0.15) is 18.4 Å². The second kappa shape index (κ2) is 7.21. The largest absolute Gasteiger partial charge is 0.352 e. The Morgan fingerprint density at radius 3 is 2.45 bits per heavy atom. The van der Waals surface area contributed by atoms with E-state index in [0.717, 1.165) is 5.56 Å². The van der Waals surface area contributed by atoms with E-state index in [-0.39, 0.29) is 11.9 Å². The number of nitrogens with zero attached hydrogens (tertiary/aromatic N) is 1. The number of nitrogens with two attached hydrogens (primary N) is 1. The van der Waals surface area contributed by atoms with Gasteiger partial charge in [0.05, 0.1) is 12.3 Å². The minimum absolute atomic E-state index is 0.00711. The highest BCUT2D eigenvalue weighted by molar-refractivity contribution is 7.88. The van der Waals surface area contributed by atoms with Gasteiger partial charge < -0.3 is 11.1 Å². The number of nitrogens with one attached hydrogen (secondary N) is 1. The van der Waals surface area contributed by atoms with Gasteiger partial charge in [0, 0.05) is 19.1 Å². The fraction of sp³-hybridized carbons (Fsp3) is 0.533. The van der Waals surface area contributed by atoms with Crippen LogP contribution in [0.5, 0.6) is 0 Å². The lowest BCUT2D eigenvalue weighted by atomic mass is 10.0. The Balaban J connectivity index is 1.80. The lowest BCUT2D eigenvalue weighted by Crippen LogP contribution is -2.50. The van der Waals surface area contributed by atoms with Gasteiger partial charge in [-0.15, -0.1) is 0 Å². The predicted octanol–water partition coefficient (Wildman–Crippen LogP) is 0.0966. The number of carbonyl (C=O) groups is 1. The fourth-order valence-electron chi connectivity index (χ4n) is 2.60. The van der Waals surface area contributed by atoms with Crippen LogP contribution in [-0.2, 0) is 21.2 Å². The number of hydrogen-bond acceptors (Lipinski definition) is 4. The summed E-state index contributed by atoms with van der Waals surface area (Å²) >= 11 is 0. The second-order valence-electron chi connectivity index (χ2n) is 5.74. The lowest BCUT2D eigenvalue weighted by Gasteiger charge is -2.31. The van der Waals surface area contributed by atoms with Crippen LogP contribution in [0.25, 0.3) is 0 Å². The summed E-state index contributed by atoms with van der Waals surface area (Å²) in [5, 5.41) is 2.93. The molecule has 1 heterocycles. The molecule has 0 aromatic heterocycles. The maximum atomic E-state index is 12.1.